The number of fused-ring (bicyclic) bond motifs is 2. The topological polar surface area (TPSA) is 84.5 Å². The molecule has 1 aliphatic rings. The molecule has 2 N–H and O–H groups in total. The molecule has 0 spiro atoms. The van der Waals surface area contributed by atoms with Gasteiger partial charge in [0.2, 0.25) is 0 Å². The average molecular weight is 429 g/mol. The summed E-state index contributed by atoms with van der Waals surface area (Å²) >= 11 is 5.95. The first-order valence-electron chi connectivity index (χ1n) is 8.76. The summed E-state index contributed by atoms with van der Waals surface area (Å²) in [6, 6.07) is 14.7. The van der Waals surface area contributed by atoms with E-state index in [2.05, 4.69) is 10.0 Å². The van der Waals surface area contributed by atoms with Gasteiger partial charge in [0, 0.05) is 10.7 Å². The van der Waals surface area contributed by atoms with E-state index in [1.807, 2.05) is 19.1 Å². The number of carbonyl (C=O) groups is 1. The van der Waals surface area contributed by atoms with Gasteiger partial charge in [-0.1, -0.05) is 23.7 Å². The third-order valence-electron chi connectivity index (χ3n) is 4.52. The molecular formula is C21H17ClN2O4S. The predicted octanol–water partition coefficient (Wildman–Crippen LogP) is 5.12. The number of ether oxygens (including phenoxy) is 1. The van der Waals surface area contributed by atoms with E-state index in [9.17, 15) is 13.2 Å². The van der Waals surface area contributed by atoms with Crippen LogP contribution in [0.2, 0.25) is 5.02 Å². The van der Waals surface area contributed by atoms with Gasteiger partial charge in [0.05, 0.1) is 16.1 Å². The quantitative estimate of drug-likeness (QED) is 0.606. The first kappa shape index (κ1) is 19.3. The Bertz CT molecular complexity index is 1260. The van der Waals surface area contributed by atoms with E-state index in [4.69, 9.17) is 16.3 Å². The summed E-state index contributed by atoms with van der Waals surface area (Å²) in [4.78, 5) is 12.8. The molecule has 0 aromatic heterocycles. The number of rotatable bonds is 3. The largest absolute Gasteiger partial charge is 0.454 e. The van der Waals surface area contributed by atoms with E-state index in [-0.39, 0.29) is 22.1 Å². The summed E-state index contributed by atoms with van der Waals surface area (Å²) in [5.41, 5.74) is 2.56. The Labute approximate surface area is 173 Å². The number of benzene rings is 3. The monoisotopic (exact) mass is 428 g/mol. The molecule has 3 aromatic rings. The number of nitrogens with one attached hydrogen (secondary N) is 2. The first-order chi connectivity index (χ1) is 13.7. The van der Waals surface area contributed by atoms with Crippen LogP contribution in [0.4, 0.5) is 11.4 Å². The Morgan fingerprint density at radius 2 is 1.72 bits per heavy atom. The Kier molecular flexibility index (Phi) is 4.72. The third kappa shape index (κ3) is 3.79. The van der Waals surface area contributed by atoms with Crippen LogP contribution < -0.4 is 14.8 Å². The Morgan fingerprint density at radius 1 is 0.966 bits per heavy atom. The SMILES string of the molecule is Cc1ccc2c(c1)NC(=O)c1cc(NS(=O)(=O)c3cc(Cl)ccc3C)ccc1O2. The fraction of sp³-hybridized carbons (Fsp3) is 0.0952. The molecule has 148 valence electrons. The van der Waals surface area contributed by atoms with Gasteiger partial charge in [-0.05, 0) is 67.4 Å². The van der Waals surface area contributed by atoms with E-state index in [0.717, 1.165) is 5.56 Å². The molecular weight excluding hydrogens is 412 g/mol. The molecule has 1 aliphatic heterocycles. The minimum absolute atomic E-state index is 0.0727. The summed E-state index contributed by atoms with van der Waals surface area (Å²) in [6.45, 7) is 3.59. The maximum Gasteiger partial charge on any atom is 0.262 e. The second-order valence-corrected chi connectivity index (χ2v) is 8.87. The van der Waals surface area contributed by atoms with Crippen LogP contribution in [0.15, 0.2) is 59.5 Å². The van der Waals surface area contributed by atoms with Gasteiger partial charge in [-0.3, -0.25) is 9.52 Å². The Hall–Kier alpha value is -3.03. The lowest BCUT2D eigenvalue weighted by atomic mass is 10.1. The van der Waals surface area contributed by atoms with Crippen LogP contribution in [0.3, 0.4) is 0 Å². The van der Waals surface area contributed by atoms with Crippen molar-refractivity contribution in [2.45, 2.75) is 18.7 Å². The van der Waals surface area contributed by atoms with Crippen LogP contribution in [0, 0.1) is 13.8 Å². The highest BCUT2D eigenvalue weighted by atomic mass is 35.5. The van der Waals surface area contributed by atoms with Crippen molar-refractivity contribution in [1.29, 1.82) is 0 Å². The van der Waals surface area contributed by atoms with Gasteiger partial charge < -0.3 is 10.1 Å². The molecule has 0 fully saturated rings. The molecule has 8 heteroatoms. The number of halogens is 1. The van der Waals surface area contributed by atoms with E-state index < -0.39 is 10.0 Å². The van der Waals surface area contributed by atoms with Crippen molar-refractivity contribution < 1.29 is 17.9 Å². The molecule has 0 saturated carbocycles. The maximum atomic E-state index is 12.8. The number of anilines is 2. The lowest BCUT2D eigenvalue weighted by Crippen LogP contribution is -2.15. The number of amides is 1. The lowest BCUT2D eigenvalue weighted by molar-refractivity contribution is 0.102. The molecule has 0 aliphatic carbocycles. The molecule has 0 radical (unpaired) electrons. The van der Waals surface area contributed by atoms with E-state index >= 15 is 0 Å². The molecule has 6 nitrogen and oxygen atoms in total. The highest BCUT2D eigenvalue weighted by molar-refractivity contribution is 7.92. The van der Waals surface area contributed by atoms with Crippen LogP contribution in [-0.4, -0.2) is 14.3 Å². The van der Waals surface area contributed by atoms with Crippen molar-refractivity contribution in [3.8, 4) is 11.5 Å². The fourth-order valence-corrected chi connectivity index (χ4v) is 4.63. The highest BCUT2D eigenvalue weighted by Crippen LogP contribution is 2.37. The van der Waals surface area contributed by atoms with Gasteiger partial charge in [-0.2, -0.15) is 0 Å². The first-order valence-corrected chi connectivity index (χ1v) is 10.6. The Morgan fingerprint density at radius 3 is 2.52 bits per heavy atom. The summed E-state index contributed by atoms with van der Waals surface area (Å²) in [5.74, 6) is 0.474. The summed E-state index contributed by atoms with van der Waals surface area (Å²) < 4.78 is 34.0. The average Bonchev–Trinajstić information content (AvgIpc) is 2.79. The van der Waals surface area contributed by atoms with E-state index in [1.54, 1.807) is 37.3 Å². The maximum absolute atomic E-state index is 12.8. The molecule has 1 amide bonds. The zero-order valence-corrected chi connectivity index (χ0v) is 17.2. The minimum atomic E-state index is -3.89. The standard InChI is InChI=1S/C21H17ClN2O4S/c1-12-3-7-19-17(9-12)23-21(25)16-11-15(6-8-18(16)28-19)24-29(26,27)20-10-14(22)5-4-13(20)2/h3-11,24H,1-2H3,(H,23,25). The van der Waals surface area contributed by atoms with Crippen LogP contribution >= 0.6 is 11.6 Å². The highest BCUT2D eigenvalue weighted by Gasteiger charge is 2.23. The molecule has 1 heterocycles. The van der Waals surface area contributed by atoms with Gasteiger partial charge in [0.15, 0.2) is 5.75 Å². The third-order valence-corrected chi connectivity index (χ3v) is 6.28. The van der Waals surface area contributed by atoms with Crippen molar-refractivity contribution in [3.05, 3.63) is 76.3 Å². The molecule has 4 rings (SSSR count). The normalized spacial score (nSPS) is 12.9. The second-order valence-electron chi connectivity index (χ2n) is 6.78. The number of aryl methyl sites for hydroxylation is 2. The van der Waals surface area contributed by atoms with Crippen LogP contribution in [-0.2, 0) is 10.0 Å². The van der Waals surface area contributed by atoms with Crippen LogP contribution in [0.5, 0.6) is 11.5 Å². The second kappa shape index (κ2) is 7.09. The summed E-state index contributed by atoms with van der Waals surface area (Å²) in [7, 11) is -3.89. The number of sulfonamides is 1. The van der Waals surface area contributed by atoms with Crippen LogP contribution in [0.25, 0.3) is 0 Å². The van der Waals surface area contributed by atoms with Crippen molar-refractivity contribution in [1.82, 2.24) is 0 Å². The van der Waals surface area contributed by atoms with E-state index in [0.29, 0.717) is 27.8 Å². The van der Waals surface area contributed by atoms with Crippen molar-refractivity contribution in [2.75, 3.05) is 10.0 Å². The van der Waals surface area contributed by atoms with Gasteiger partial charge in [-0.25, -0.2) is 8.42 Å². The van der Waals surface area contributed by atoms with Crippen molar-refractivity contribution in [3.63, 3.8) is 0 Å². The molecule has 0 atom stereocenters. The van der Waals surface area contributed by atoms with E-state index in [1.165, 1.54) is 12.1 Å². The molecule has 3 aromatic carbocycles. The molecule has 0 saturated heterocycles. The predicted molar refractivity (Wildman–Crippen MR) is 113 cm³/mol. The zero-order chi connectivity index (χ0) is 20.8. The molecule has 0 unspecified atom stereocenters. The number of carbonyl (C=O) groups excluding carboxylic acids is 1. The summed E-state index contributed by atoms with van der Waals surface area (Å²) in [6.07, 6.45) is 0. The van der Waals surface area contributed by atoms with Gasteiger partial charge >= 0.3 is 0 Å². The Balaban J connectivity index is 1.69. The molecule has 29 heavy (non-hydrogen) atoms. The number of hydrogen-bond donors (Lipinski definition) is 2. The zero-order valence-electron chi connectivity index (χ0n) is 15.6. The summed E-state index contributed by atoms with van der Waals surface area (Å²) in [5, 5.41) is 3.12. The van der Waals surface area contributed by atoms with Gasteiger partial charge in [0.25, 0.3) is 15.9 Å². The molecule has 0 bridgehead atoms. The fourth-order valence-electron chi connectivity index (χ4n) is 3.07. The number of hydrogen-bond acceptors (Lipinski definition) is 4. The van der Waals surface area contributed by atoms with Gasteiger partial charge in [0.1, 0.15) is 5.75 Å². The van der Waals surface area contributed by atoms with Crippen molar-refractivity contribution in [2.24, 2.45) is 0 Å². The van der Waals surface area contributed by atoms with Crippen molar-refractivity contribution >= 4 is 38.9 Å². The van der Waals surface area contributed by atoms with Gasteiger partial charge in [-0.15, -0.1) is 0 Å². The van der Waals surface area contributed by atoms with Crippen LogP contribution in [0.1, 0.15) is 21.5 Å². The lowest BCUT2D eigenvalue weighted by Gasteiger charge is -2.13. The smallest absolute Gasteiger partial charge is 0.262 e. The minimum Gasteiger partial charge on any atom is -0.454 e.